The molecule has 1 aromatic carbocycles. The first-order chi connectivity index (χ1) is 13.1. The minimum absolute atomic E-state index is 0.436. The molecule has 0 saturated carbocycles. The van der Waals surface area contributed by atoms with E-state index in [4.69, 9.17) is 16.3 Å². The van der Waals surface area contributed by atoms with Crippen LogP contribution in [0.15, 0.2) is 30.5 Å². The molecule has 27 heavy (non-hydrogen) atoms. The van der Waals surface area contributed by atoms with Crippen molar-refractivity contribution in [3.63, 3.8) is 0 Å². The normalized spacial score (nSPS) is 16.7. The first-order valence-corrected chi connectivity index (χ1v) is 10.1. The van der Waals surface area contributed by atoms with Crippen LogP contribution in [0.2, 0.25) is 5.02 Å². The number of fused-ring (bicyclic) bond motifs is 1. The number of aromatic nitrogens is 3. The van der Waals surface area contributed by atoms with Gasteiger partial charge in [-0.1, -0.05) is 35.1 Å². The number of β-amino-alcohol motifs (C(OH)–C–C–N with tert-alkyl or cyclic N) is 1. The second kappa shape index (κ2) is 8.12. The van der Waals surface area contributed by atoms with Gasteiger partial charge >= 0.3 is 0 Å². The number of benzene rings is 1. The van der Waals surface area contributed by atoms with Crippen LogP contribution in [-0.4, -0.2) is 77.1 Å². The SMILES string of the molecule is CN(CC(O)CN1CCOCC1)c1nn2cc(-c3ccc(Cl)cc3)nc2s1. The molecule has 0 bridgehead atoms. The molecule has 9 heteroatoms. The van der Waals surface area contributed by atoms with Gasteiger partial charge in [-0.3, -0.25) is 4.90 Å². The molecule has 1 unspecified atom stereocenters. The van der Waals surface area contributed by atoms with Gasteiger partial charge in [0.05, 0.1) is 31.2 Å². The summed E-state index contributed by atoms with van der Waals surface area (Å²) in [6.07, 6.45) is 1.48. The molecular weight excluding hydrogens is 386 g/mol. The van der Waals surface area contributed by atoms with Crippen LogP contribution < -0.4 is 4.90 Å². The Balaban J connectivity index is 1.41. The Labute approximate surface area is 166 Å². The Kier molecular flexibility index (Phi) is 5.60. The first kappa shape index (κ1) is 18.6. The zero-order valence-electron chi connectivity index (χ0n) is 15.1. The van der Waals surface area contributed by atoms with Crippen molar-refractivity contribution in [1.82, 2.24) is 19.5 Å². The molecule has 1 atom stereocenters. The van der Waals surface area contributed by atoms with Crippen molar-refractivity contribution in [3.8, 4) is 11.3 Å². The van der Waals surface area contributed by atoms with Crippen molar-refractivity contribution in [2.75, 3.05) is 51.3 Å². The molecule has 1 fully saturated rings. The Bertz CT molecular complexity index is 859. The van der Waals surface area contributed by atoms with Crippen LogP contribution >= 0.6 is 22.9 Å². The van der Waals surface area contributed by atoms with Gasteiger partial charge in [-0.25, -0.2) is 9.50 Å². The molecule has 0 radical (unpaired) electrons. The second-order valence-corrected chi connectivity index (χ2v) is 8.06. The third kappa shape index (κ3) is 4.41. The number of nitrogens with zero attached hydrogens (tertiary/aromatic N) is 5. The highest BCUT2D eigenvalue weighted by molar-refractivity contribution is 7.20. The highest BCUT2D eigenvalue weighted by Crippen LogP contribution is 2.27. The summed E-state index contributed by atoms with van der Waals surface area (Å²) >= 11 is 7.45. The fraction of sp³-hybridized carbons (Fsp3) is 0.444. The molecule has 1 saturated heterocycles. The number of anilines is 1. The van der Waals surface area contributed by atoms with Crippen LogP contribution in [0.5, 0.6) is 0 Å². The van der Waals surface area contributed by atoms with E-state index in [2.05, 4.69) is 15.0 Å². The number of rotatable bonds is 6. The molecule has 3 aromatic rings. The zero-order valence-corrected chi connectivity index (χ0v) is 16.7. The highest BCUT2D eigenvalue weighted by Gasteiger charge is 2.18. The number of hydrogen-bond acceptors (Lipinski definition) is 7. The highest BCUT2D eigenvalue weighted by atomic mass is 35.5. The average Bonchev–Trinajstić information content (AvgIpc) is 3.22. The molecule has 1 aliphatic heterocycles. The number of hydrogen-bond donors (Lipinski definition) is 1. The molecule has 0 spiro atoms. The molecule has 4 rings (SSSR count). The van der Waals surface area contributed by atoms with Crippen molar-refractivity contribution < 1.29 is 9.84 Å². The Hall–Kier alpha value is -1.71. The number of halogens is 1. The molecule has 0 aliphatic carbocycles. The van der Waals surface area contributed by atoms with Gasteiger partial charge in [0.15, 0.2) is 0 Å². The van der Waals surface area contributed by atoms with Gasteiger partial charge in [-0.2, -0.15) is 0 Å². The van der Waals surface area contributed by atoms with Gasteiger partial charge < -0.3 is 14.7 Å². The molecular formula is C18H22ClN5O2S. The lowest BCUT2D eigenvalue weighted by atomic mass is 10.2. The summed E-state index contributed by atoms with van der Waals surface area (Å²) in [5.41, 5.74) is 1.87. The maximum absolute atomic E-state index is 10.4. The van der Waals surface area contributed by atoms with Crippen molar-refractivity contribution in [1.29, 1.82) is 0 Å². The lowest BCUT2D eigenvalue weighted by Crippen LogP contribution is -2.44. The molecule has 2 aromatic heterocycles. The molecule has 0 amide bonds. The maximum Gasteiger partial charge on any atom is 0.214 e. The van der Waals surface area contributed by atoms with E-state index in [1.165, 1.54) is 11.3 Å². The van der Waals surface area contributed by atoms with E-state index in [0.29, 0.717) is 18.1 Å². The number of ether oxygens (including phenoxy) is 1. The van der Waals surface area contributed by atoms with E-state index >= 15 is 0 Å². The van der Waals surface area contributed by atoms with Gasteiger partial charge in [0.2, 0.25) is 10.1 Å². The largest absolute Gasteiger partial charge is 0.390 e. The van der Waals surface area contributed by atoms with Gasteiger partial charge in [0.25, 0.3) is 0 Å². The molecule has 144 valence electrons. The van der Waals surface area contributed by atoms with E-state index in [1.807, 2.05) is 42.4 Å². The minimum atomic E-state index is -0.436. The van der Waals surface area contributed by atoms with Gasteiger partial charge in [0.1, 0.15) is 0 Å². The monoisotopic (exact) mass is 407 g/mol. The Morgan fingerprint density at radius 1 is 1.30 bits per heavy atom. The quantitative estimate of drug-likeness (QED) is 0.676. The lowest BCUT2D eigenvalue weighted by Gasteiger charge is -2.29. The number of aliphatic hydroxyl groups is 1. The molecule has 3 heterocycles. The van der Waals surface area contributed by atoms with Crippen molar-refractivity contribution in [3.05, 3.63) is 35.5 Å². The van der Waals surface area contributed by atoms with Crippen LogP contribution in [0.25, 0.3) is 16.2 Å². The van der Waals surface area contributed by atoms with Crippen LogP contribution in [0.4, 0.5) is 5.13 Å². The summed E-state index contributed by atoms with van der Waals surface area (Å²) in [6, 6.07) is 7.60. The zero-order chi connectivity index (χ0) is 18.8. The molecule has 7 nitrogen and oxygen atoms in total. The van der Waals surface area contributed by atoms with Crippen molar-refractivity contribution >= 4 is 33.0 Å². The predicted octanol–water partition coefficient (Wildman–Crippen LogP) is 2.24. The maximum atomic E-state index is 10.4. The third-order valence-electron chi connectivity index (χ3n) is 4.56. The van der Waals surface area contributed by atoms with Gasteiger partial charge in [-0.05, 0) is 12.1 Å². The van der Waals surface area contributed by atoms with E-state index in [-0.39, 0.29) is 0 Å². The van der Waals surface area contributed by atoms with Gasteiger partial charge in [-0.15, -0.1) is 5.10 Å². The van der Waals surface area contributed by atoms with Gasteiger partial charge in [0, 0.05) is 43.8 Å². The standard InChI is InChI=1S/C18H22ClN5O2S/c1-22(10-15(25)11-23-6-8-26-9-7-23)18-21-24-12-16(20-17(24)27-18)13-2-4-14(19)5-3-13/h2-5,12,15,25H,6-11H2,1H3. The average molecular weight is 408 g/mol. The van der Waals surface area contributed by atoms with E-state index in [9.17, 15) is 5.11 Å². The molecule has 1 N–H and O–H groups in total. The second-order valence-electron chi connectivity index (χ2n) is 6.69. The van der Waals surface area contributed by atoms with Crippen LogP contribution in [0, 0.1) is 0 Å². The fourth-order valence-electron chi connectivity index (χ4n) is 3.14. The summed E-state index contributed by atoms with van der Waals surface area (Å²) < 4.78 is 7.13. The van der Waals surface area contributed by atoms with Crippen molar-refractivity contribution in [2.24, 2.45) is 0 Å². The van der Waals surface area contributed by atoms with E-state index in [0.717, 1.165) is 47.7 Å². The summed E-state index contributed by atoms with van der Waals surface area (Å²) in [5, 5.41) is 16.5. The topological polar surface area (TPSA) is 66.1 Å². The Morgan fingerprint density at radius 2 is 2.04 bits per heavy atom. The predicted molar refractivity (Wildman–Crippen MR) is 108 cm³/mol. The first-order valence-electron chi connectivity index (χ1n) is 8.90. The summed E-state index contributed by atoms with van der Waals surface area (Å²) in [4.78, 5) is 9.69. The summed E-state index contributed by atoms with van der Waals surface area (Å²) in [6.45, 7) is 4.40. The Morgan fingerprint density at radius 3 is 2.74 bits per heavy atom. The number of imidazole rings is 1. The number of aliphatic hydroxyl groups excluding tert-OH is 1. The summed E-state index contributed by atoms with van der Waals surface area (Å²) in [5.74, 6) is 0. The van der Waals surface area contributed by atoms with Crippen molar-refractivity contribution in [2.45, 2.75) is 6.10 Å². The molecule has 1 aliphatic rings. The van der Waals surface area contributed by atoms with Crippen LogP contribution in [-0.2, 0) is 4.74 Å². The third-order valence-corrected chi connectivity index (χ3v) is 5.85. The minimum Gasteiger partial charge on any atom is -0.390 e. The van der Waals surface area contributed by atoms with Crippen LogP contribution in [0.3, 0.4) is 0 Å². The number of morpholine rings is 1. The van der Waals surface area contributed by atoms with E-state index < -0.39 is 6.10 Å². The summed E-state index contributed by atoms with van der Waals surface area (Å²) in [7, 11) is 1.95. The van der Waals surface area contributed by atoms with Crippen LogP contribution in [0.1, 0.15) is 0 Å². The smallest absolute Gasteiger partial charge is 0.214 e. The van der Waals surface area contributed by atoms with E-state index in [1.54, 1.807) is 4.52 Å². The fourth-order valence-corrected chi connectivity index (χ4v) is 4.12. The lowest BCUT2D eigenvalue weighted by molar-refractivity contribution is 0.0162. The number of likely N-dealkylation sites (N-methyl/N-ethyl adjacent to an activating group) is 1.